The molecule has 2 atom stereocenters. The summed E-state index contributed by atoms with van der Waals surface area (Å²) in [7, 11) is -4.10. The van der Waals surface area contributed by atoms with Gasteiger partial charge in [0.2, 0.25) is 6.41 Å². The van der Waals surface area contributed by atoms with E-state index in [4.69, 9.17) is 5.53 Å². The topological polar surface area (TPSA) is 219 Å². The summed E-state index contributed by atoms with van der Waals surface area (Å²) in [6.45, 7) is 0. The number of thiazole rings is 1. The summed E-state index contributed by atoms with van der Waals surface area (Å²) in [5.41, 5.74) is 8.03. The second-order valence-corrected chi connectivity index (χ2v) is 6.69. The number of oxime groups is 1. The summed E-state index contributed by atoms with van der Waals surface area (Å²) in [5, 5.41) is 12.3. The SMILES string of the molecule is CON=C(C(=O)N[C@@H]1C(=O)N(S(=O)(=O)[O-])[C@@H]1N=[N+]=[N-])c1csc(NC=O)n1.[Na+]. The van der Waals surface area contributed by atoms with Gasteiger partial charge in [0.25, 0.3) is 11.8 Å². The fourth-order valence-corrected chi connectivity index (χ4v) is 3.42. The first kappa shape index (κ1) is 23.8. The zero-order chi connectivity index (χ0) is 20.2. The van der Waals surface area contributed by atoms with Crippen molar-refractivity contribution in [3.63, 3.8) is 0 Å². The van der Waals surface area contributed by atoms with E-state index in [1.807, 2.05) is 0 Å². The van der Waals surface area contributed by atoms with Crippen LogP contribution in [0.4, 0.5) is 5.13 Å². The van der Waals surface area contributed by atoms with Crippen LogP contribution in [0, 0.1) is 0 Å². The third-order valence-corrected chi connectivity index (χ3v) is 4.70. The third-order valence-electron chi connectivity index (χ3n) is 3.05. The maximum Gasteiger partial charge on any atom is 1.00 e. The number of azide groups is 1. The van der Waals surface area contributed by atoms with Crippen LogP contribution >= 0.6 is 11.3 Å². The molecule has 1 aromatic heterocycles. The molecule has 0 radical (unpaired) electrons. The number of carbonyl (C=O) groups excluding carboxylic acids is 3. The molecule has 1 aliphatic heterocycles. The van der Waals surface area contributed by atoms with Crippen LogP contribution in [-0.2, 0) is 29.5 Å². The van der Waals surface area contributed by atoms with Crippen molar-refractivity contribution < 1.29 is 61.7 Å². The van der Waals surface area contributed by atoms with Gasteiger partial charge in [-0.15, -0.1) is 11.3 Å². The molecule has 1 saturated heterocycles. The predicted molar refractivity (Wildman–Crippen MR) is 86.8 cm³/mol. The first-order valence-electron chi connectivity index (χ1n) is 6.66. The number of nitrogens with zero attached hydrogens (tertiary/aromatic N) is 6. The third kappa shape index (κ3) is 4.96. The maximum absolute atomic E-state index is 12.4. The molecule has 144 valence electrons. The number of aromatic nitrogens is 1. The Morgan fingerprint density at radius 3 is 2.79 bits per heavy atom. The molecular weight excluding hydrogens is 431 g/mol. The molecule has 1 aliphatic rings. The Morgan fingerprint density at radius 2 is 2.25 bits per heavy atom. The molecule has 0 aromatic carbocycles. The van der Waals surface area contributed by atoms with E-state index in [0.29, 0.717) is 6.41 Å². The Hall–Kier alpha value is -2.27. The van der Waals surface area contributed by atoms with Crippen LogP contribution in [-0.4, -0.2) is 65.5 Å². The minimum absolute atomic E-state index is 0. The van der Waals surface area contributed by atoms with Gasteiger partial charge in [-0.2, -0.15) is 0 Å². The summed E-state index contributed by atoms with van der Waals surface area (Å²) in [6, 6.07) is -1.61. The van der Waals surface area contributed by atoms with Gasteiger partial charge in [0.1, 0.15) is 18.8 Å². The summed E-state index contributed by atoms with van der Waals surface area (Å²) in [6.07, 6.45) is -1.40. The summed E-state index contributed by atoms with van der Waals surface area (Å²) >= 11 is 0.965. The van der Waals surface area contributed by atoms with E-state index >= 15 is 0 Å². The fraction of sp³-hybridized carbons (Fsp3) is 0.300. The van der Waals surface area contributed by atoms with E-state index in [1.165, 1.54) is 5.38 Å². The molecule has 18 heteroatoms. The Morgan fingerprint density at radius 1 is 1.57 bits per heavy atom. The molecule has 0 saturated carbocycles. The molecule has 1 fully saturated rings. The largest absolute Gasteiger partial charge is 1.00 e. The summed E-state index contributed by atoms with van der Waals surface area (Å²) in [5.74, 6) is -2.31. The van der Waals surface area contributed by atoms with Gasteiger partial charge in [-0.25, -0.2) is 17.7 Å². The molecule has 2 N–H and O–H groups in total. The molecule has 1 aromatic rings. The van der Waals surface area contributed by atoms with Gasteiger partial charge in [-0.05, 0) is 5.53 Å². The van der Waals surface area contributed by atoms with Crippen molar-refractivity contribution in [3.05, 3.63) is 21.5 Å². The van der Waals surface area contributed by atoms with E-state index in [2.05, 4.69) is 35.6 Å². The quantitative estimate of drug-likeness (QED) is 0.0460. The Bertz CT molecular complexity index is 957. The van der Waals surface area contributed by atoms with Crippen molar-refractivity contribution in [2.45, 2.75) is 12.2 Å². The summed E-state index contributed by atoms with van der Waals surface area (Å²) < 4.78 is 32.9. The first-order valence-corrected chi connectivity index (χ1v) is 8.90. The van der Waals surface area contributed by atoms with Crippen molar-refractivity contribution in [2.75, 3.05) is 12.4 Å². The molecule has 0 unspecified atom stereocenters. The van der Waals surface area contributed by atoms with Gasteiger partial charge in [0.05, 0.1) is 0 Å². The van der Waals surface area contributed by atoms with E-state index in [1.54, 1.807) is 0 Å². The number of amides is 3. The molecule has 28 heavy (non-hydrogen) atoms. The maximum atomic E-state index is 12.4. The molecule has 2 rings (SSSR count). The van der Waals surface area contributed by atoms with Crippen LogP contribution in [0.15, 0.2) is 15.7 Å². The van der Waals surface area contributed by atoms with Gasteiger partial charge in [-0.3, -0.25) is 14.4 Å². The van der Waals surface area contributed by atoms with Crippen LogP contribution in [0.1, 0.15) is 5.69 Å². The summed E-state index contributed by atoms with van der Waals surface area (Å²) in [4.78, 5) is 45.4. The van der Waals surface area contributed by atoms with Crippen LogP contribution in [0.5, 0.6) is 0 Å². The van der Waals surface area contributed by atoms with Crippen molar-refractivity contribution in [1.82, 2.24) is 14.6 Å². The first-order chi connectivity index (χ1) is 12.7. The molecule has 15 nitrogen and oxygen atoms in total. The number of β-lactam (4-membered cyclic amide) rings is 1. The minimum Gasteiger partial charge on any atom is -0.731 e. The van der Waals surface area contributed by atoms with Crippen LogP contribution < -0.4 is 40.2 Å². The van der Waals surface area contributed by atoms with Crippen molar-refractivity contribution in [2.24, 2.45) is 10.3 Å². The smallest absolute Gasteiger partial charge is 0.731 e. The van der Waals surface area contributed by atoms with Gasteiger partial charge in [0, 0.05) is 10.3 Å². The van der Waals surface area contributed by atoms with E-state index in [-0.39, 0.29) is 44.7 Å². The fourth-order valence-electron chi connectivity index (χ4n) is 2.00. The van der Waals surface area contributed by atoms with Crippen molar-refractivity contribution in [1.29, 1.82) is 0 Å². The van der Waals surface area contributed by atoms with Crippen LogP contribution in [0.3, 0.4) is 0 Å². The van der Waals surface area contributed by atoms with Crippen LogP contribution in [0.2, 0.25) is 0 Å². The van der Waals surface area contributed by atoms with Crippen LogP contribution in [0.25, 0.3) is 10.4 Å². The number of hydrogen-bond donors (Lipinski definition) is 2. The predicted octanol–water partition coefficient (Wildman–Crippen LogP) is -4.51. The number of nitrogens with one attached hydrogen (secondary N) is 2. The number of carbonyl (C=O) groups is 3. The average Bonchev–Trinajstić information content (AvgIpc) is 3.04. The standard InChI is InChI=1S/C10H10N8O7S2.Na/c1-25-16-5(4-2-26-10(13-4)12-3-19)8(20)14-6-7(15-17-11)18(9(6)21)27(22,23)24;/h2-3,6-7H,1H3,(H,14,20)(H,12,13,19)(H,22,23,24);/q;+1/p-1/t6-,7-;/m0./s1. The van der Waals surface area contributed by atoms with Crippen molar-refractivity contribution in [3.8, 4) is 0 Å². The van der Waals surface area contributed by atoms with Gasteiger partial charge in [0.15, 0.2) is 27.3 Å². The zero-order valence-electron chi connectivity index (χ0n) is 14.2. The van der Waals surface area contributed by atoms with E-state index < -0.39 is 40.0 Å². The van der Waals surface area contributed by atoms with Gasteiger partial charge in [-0.1, -0.05) is 10.3 Å². The average molecular weight is 440 g/mol. The molecule has 0 spiro atoms. The van der Waals surface area contributed by atoms with Gasteiger partial charge < -0.3 is 20.0 Å². The second-order valence-electron chi connectivity index (χ2n) is 4.58. The number of anilines is 1. The minimum atomic E-state index is -5.23. The monoisotopic (exact) mass is 440 g/mol. The van der Waals surface area contributed by atoms with E-state index in [9.17, 15) is 27.4 Å². The Balaban J connectivity index is 0.00000392. The normalized spacial score (nSPS) is 18.9. The molecule has 2 heterocycles. The van der Waals surface area contributed by atoms with Crippen molar-refractivity contribution >= 4 is 50.7 Å². The second kappa shape index (κ2) is 9.78. The Kier molecular flexibility index (Phi) is 8.30. The number of hydrogen-bond acceptors (Lipinski definition) is 11. The zero-order valence-corrected chi connectivity index (χ0v) is 17.8. The number of rotatable bonds is 8. The van der Waals surface area contributed by atoms with Gasteiger partial charge >= 0.3 is 29.6 Å². The molecule has 0 bridgehead atoms. The molecule has 0 aliphatic carbocycles. The Labute approximate surface area is 182 Å². The van der Waals surface area contributed by atoms with E-state index in [0.717, 1.165) is 18.4 Å². The molecule has 3 amide bonds. The molecular formula is C10H9N8NaO7S2.